The van der Waals surface area contributed by atoms with Gasteiger partial charge in [0, 0.05) is 5.56 Å². The molecule has 0 saturated carbocycles. The molecule has 0 saturated heterocycles. The largest absolute Gasteiger partial charge is 0.416 e. The van der Waals surface area contributed by atoms with E-state index < -0.39 is 35.6 Å². The van der Waals surface area contributed by atoms with Crippen LogP contribution < -0.4 is 5.32 Å². The molecule has 4 rings (SSSR count). The van der Waals surface area contributed by atoms with Crippen LogP contribution in [0.25, 0.3) is 10.8 Å². The molecule has 2 N–H and O–H groups in total. The molecular formula is C27H21F4NO2. The van der Waals surface area contributed by atoms with Gasteiger partial charge in [0.25, 0.3) is 5.91 Å². The summed E-state index contributed by atoms with van der Waals surface area (Å²) in [5.74, 6) is -1.02. The van der Waals surface area contributed by atoms with E-state index in [-0.39, 0.29) is 12.0 Å². The molecule has 2 unspecified atom stereocenters. The quantitative estimate of drug-likeness (QED) is 0.338. The first-order valence-electron chi connectivity index (χ1n) is 10.6. The van der Waals surface area contributed by atoms with Crippen LogP contribution >= 0.6 is 0 Å². The zero-order chi connectivity index (χ0) is 24.3. The van der Waals surface area contributed by atoms with Crippen molar-refractivity contribution in [3.63, 3.8) is 0 Å². The van der Waals surface area contributed by atoms with E-state index in [4.69, 9.17) is 0 Å². The fraction of sp³-hybridized carbons (Fsp3) is 0.148. The van der Waals surface area contributed by atoms with Gasteiger partial charge < -0.3 is 10.4 Å². The van der Waals surface area contributed by atoms with E-state index in [1.807, 2.05) is 30.3 Å². The van der Waals surface area contributed by atoms with Crippen molar-refractivity contribution in [1.29, 1.82) is 0 Å². The number of alkyl halides is 3. The Hall–Kier alpha value is -3.71. The van der Waals surface area contributed by atoms with Gasteiger partial charge in [-0.25, -0.2) is 4.39 Å². The van der Waals surface area contributed by atoms with Gasteiger partial charge in [0.15, 0.2) is 0 Å². The van der Waals surface area contributed by atoms with Crippen LogP contribution in [0, 0.1) is 5.82 Å². The Morgan fingerprint density at radius 2 is 1.50 bits per heavy atom. The Kier molecular flexibility index (Phi) is 6.65. The summed E-state index contributed by atoms with van der Waals surface area (Å²) >= 11 is 0. The predicted octanol–water partition coefficient (Wildman–Crippen LogP) is 6.07. The number of aliphatic hydroxyl groups is 1. The third-order valence-electron chi connectivity index (χ3n) is 5.68. The monoisotopic (exact) mass is 467 g/mol. The third kappa shape index (κ3) is 5.26. The number of amides is 1. The van der Waals surface area contributed by atoms with Gasteiger partial charge in [-0.1, -0.05) is 54.6 Å². The lowest BCUT2D eigenvalue weighted by molar-refractivity contribution is -0.137. The van der Waals surface area contributed by atoms with Crippen molar-refractivity contribution in [3.8, 4) is 0 Å². The van der Waals surface area contributed by atoms with Gasteiger partial charge in [-0.2, -0.15) is 13.2 Å². The molecule has 0 radical (unpaired) electrons. The summed E-state index contributed by atoms with van der Waals surface area (Å²) in [6.45, 7) is 0. The number of halogens is 4. The lowest BCUT2D eigenvalue weighted by Gasteiger charge is -2.26. The highest BCUT2D eigenvalue weighted by atomic mass is 19.4. The molecule has 3 nitrogen and oxygen atoms in total. The second-order valence-electron chi connectivity index (χ2n) is 8.00. The summed E-state index contributed by atoms with van der Waals surface area (Å²) in [6.07, 6.45) is -5.54. The average molecular weight is 467 g/mol. The number of rotatable bonds is 6. The molecule has 0 aliphatic carbocycles. The van der Waals surface area contributed by atoms with Gasteiger partial charge >= 0.3 is 6.18 Å². The van der Waals surface area contributed by atoms with Gasteiger partial charge in [0.05, 0.1) is 11.6 Å². The van der Waals surface area contributed by atoms with Crippen molar-refractivity contribution in [1.82, 2.24) is 5.32 Å². The lowest BCUT2D eigenvalue weighted by Crippen LogP contribution is -2.41. The predicted molar refractivity (Wildman–Crippen MR) is 122 cm³/mol. The van der Waals surface area contributed by atoms with Crippen LogP contribution in [-0.2, 0) is 12.6 Å². The maximum absolute atomic E-state index is 13.3. The molecule has 0 aliphatic heterocycles. The molecule has 34 heavy (non-hydrogen) atoms. The number of carbonyl (C=O) groups is 1. The summed E-state index contributed by atoms with van der Waals surface area (Å²) in [5.41, 5.74) is 0.507. The molecule has 7 heteroatoms. The number of carbonyl (C=O) groups excluding carboxylic acids is 1. The van der Waals surface area contributed by atoms with Gasteiger partial charge in [0.1, 0.15) is 11.9 Å². The molecule has 0 spiro atoms. The van der Waals surface area contributed by atoms with Gasteiger partial charge in [-0.3, -0.25) is 4.79 Å². The van der Waals surface area contributed by atoms with E-state index in [0.717, 1.165) is 35.0 Å². The van der Waals surface area contributed by atoms with E-state index in [9.17, 15) is 27.5 Å². The van der Waals surface area contributed by atoms with E-state index in [1.54, 1.807) is 12.1 Å². The standard InChI is InChI=1S/C27H21F4NO2/c28-21-14-10-19(11-15-21)26(34)32-24(16-17-8-12-20(13-9-17)27(29,30)31)25(33)23-7-3-5-18-4-1-2-6-22(18)23/h1-15,24-25,33H,16H2,(H,32,34). The van der Waals surface area contributed by atoms with Gasteiger partial charge in [0.2, 0.25) is 0 Å². The second kappa shape index (κ2) is 9.65. The van der Waals surface area contributed by atoms with E-state index >= 15 is 0 Å². The number of fused-ring (bicyclic) bond motifs is 1. The van der Waals surface area contributed by atoms with Crippen molar-refractivity contribution in [3.05, 3.63) is 119 Å². The molecule has 2 atom stereocenters. The van der Waals surface area contributed by atoms with Crippen LogP contribution in [0.15, 0.2) is 91.0 Å². The van der Waals surface area contributed by atoms with E-state index in [2.05, 4.69) is 5.32 Å². The minimum absolute atomic E-state index is 0.0788. The van der Waals surface area contributed by atoms with Crippen molar-refractivity contribution in [2.24, 2.45) is 0 Å². The second-order valence-corrected chi connectivity index (χ2v) is 8.00. The average Bonchev–Trinajstić information content (AvgIpc) is 2.83. The minimum atomic E-state index is -4.46. The molecule has 0 aromatic heterocycles. The van der Waals surface area contributed by atoms with Crippen molar-refractivity contribution < 1.29 is 27.5 Å². The molecule has 0 bridgehead atoms. The summed E-state index contributed by atoms with van der Waals surface area (Å²) in [4.78, 5) is 12.8. The Morgan fingerprint density at radius 1 is 0.853 bits per heavy atom. The molecule has 0 aliphatic rings. The summed E-state index contributed by atoms with van der Waals surface area (Å²) in [5, 5.41) is 15.8. The fourth-order valence-corrected chi connectivity index (χ4v) is 3.90. The van der Waals surface area contributed by atoms with E-state index in [1.165, 1.54) is 24.3 Å². The minimum Gasteiger partial charge on any atom is -0.386 e. The Morgan fingerprint density at radius 3 is 2.18 bits per heavy atom. The van der Waals surface area contributed by atoms with Crippen LogP contribution in [0.4, 0.5) is 17.6 Å². The SMILES string of the molecule is O=C(NC(Cc1ccc(C(F)(F)F)cc1)C(O)c1cccc2ccccc12)c1ccc(F)cc1. The highest BCUT2D eigenvalue weighted by Crippen LogP contribution is 2.31. The number of hydrogen-bond donors (Lipinski definition) is 2. The first-order valence-corrected chi connectivity index (χ1v) is 10.6. The maximum atomic E-state index is 13.3. The van der Waals surface area contributed by atoms with Crippen LogP contribution in [0.1, 0.15) is 33.2 Å². The third-order valence-corrected chi connectivity index (χ3v) is 5.68. The normalized spacial score (nSPS) is 13.4. The zero-order valence-electron chi connectivity index (χ0n) is 17.9. The number of aliphatic hydroxyl groups excluding tert-OH is 1. The summed E-state index contributed by atoms with van der Waals surface area (Å²) in [7, 11) is 0. The Bertz CT molecular complexity index is 1280. The number of nitrogens with one attached hydrogen (secondary N) is 1. The molecule has 0 heterocycles. The van der Waals surface area contributed by atoms with Crippen molar-refractivity contribution >= 4 is 16.7 Å². The Balaban J connectivity index is 1.66. The van der Waals surface area contributed by atoms with Crippen molar-refractivity contribution in [2.45, 2.75) is 24.7 Å². The molecular weight excluding hydrogens is 446 g/mol. The van der Waals surface area contributed by atoms with Crippen LogP contribution in [0.5, 0.6) is 0 Å². The fourth-order valence-electron chi connectivity index (χ4n) is 3.90. The first kappa shape index (κ1) is 23.4. The summed E-state index contributed by atoms with van der Waals surface area (Å²) in [6, 6.07) is 21.6. The highest BCUT2D eigenvalue weighted by Gasteiger charge is 2.30. The smallest absolute Gasteiger partial charge is 0.386 e. The molecule has 1 amide bonds. The lowest BCUT2D eigenvalue weighted by atomic mass is 9.92. The van der Waals surface area contributed by atoms with Crippen molar-refractivity contribution in [2.75, 3.05) is 0 Å². The Labute approximate surface area is 193 Å². The van der Waals surface area contributed by atoms with Gasteiger partial charge in [-0.15, -0.1) is 0 Å². The number of benzene rings is 4. The van der Waals surface area contributed by atoms with Crippen LogP contribution in [-0.4, -0.2) is 17.1 Å². The molecule has 0 fully saturated rings. The molecule has 174 valence electrons. The van der Waals surface area contributed by atoms with E-state index in [0.29, 0.717) is 11.1 Å². The topological polar surface area (TPSA) is 49.3 Å². The molecule has 4 aromatic carbocycles. The molecule has 4 aromatic rings. The van der Waals surface area contributed by atoms with Crippen LogP contribution in [0.3, 0.4) is 0 Å². The number of hydrogen-bond acceptors (Lipinski definition) is 2. The van der Waals surface area contributed by atoms with Crippen LogP contribution in [0.2, 0.25) is 0 Å². The highest BCUT2D eigenvalue weighted by molar-refractivity contribution is 5.94. The van der Waals surface area contributed by atoms with Gasteiger partial charge in [-0.05, 0) is 64.7 Å². The summed E-state index contributed by atoms with van der Waals surface area (Å²) < 4.78 is 52.1. The first-order chi connectivity index (χ1) is 16.2. The maximum Gasteiger partial charge on any atom is 0.416 e. The zero-order valence-corrected chi connectivity index (χ0v) is 17.9.